The molecule has 1 spiro atoms. The van der Waals surface area contributed by atoms with Crippen LogP contribution in [0, 0.1) is 17.8 Å². The zero-order valence-corrected chi connectivity index (χ0v) is 28.0. The van der Waals surface area contributed by atoms with Crippen molar-refractivity contribution in [1.29, 1.82) is 0 Å². The molecular formula is C37H45ClN2O7. The van der Waals surface area contributed by atoms with E-state index in [4.69, 9.17) is 21.1 Å². The minimum Gasteiger partial charge on any atom is -0.490 e. The van der Waals surface area contributed by atoms with E-state index in [1.807, 2.05) is 36.4 Å². The molecule has 9 nitrogen and oxygen atoms in total. The van der Waals surface area contributed by atoms with Crippen LogP contribution in [0.5, 0.6) is 5.75 Å². The van der Waals surface area contributed by atoms with Gasteiger partial charge in [0.15, 0.2) is 0 Å². The van der Waals surface area contributed by atoms with Crippen molar-refractivity contribution in [2.75, 3.05) is 45.3 Å². The van der Waals surface area contributed by atoms with Crippen LogP contribution in [0.4, 0.5) is 5.69 Å². The highest BCUT2D eigenvalue weighted by Gasteiger charge is 2.45. The SMILES string of the molecule is COC(=O)[C@@H]1c2ccc3c(c2)N(C[C@@H]2CC[C@H]2C(O)/C=C/CCN(C)C(=O)C[C@@H]1CC(=O)O)C[C@@]1(CCCc2cc(Cl)ccc21)CO3. The van der Waals surface area contributed by atoms with Crippen LogP contribution in [0.25, 0.3) is 0 Å². The van der Waals surface area contributed by atoms with Crippen LogP contribution in [0.3, 0.4) is 0 Å². The molecule has 2 bridgehead atoms. The Morgan fingerprint density at radius 2 is 2.00 bits per heavy atom. The number of aliphatic carboxylic acids is 1. The number of carbonyl (C=O) groups is 3. The van der Waals surface area contributed by atoms with E-state index in [-0.39, 0.29) is 36.0 Å². The van der Waals surface area contributed by atoms with Crippen molar-refractivity contribution in [3.63, 3.8) is 0 Å². The van der Waals surface area contributed by atoms with Crippen molar-refractivity contribution >= 4 is 35.1 Å². The Balaban J connectivity index is 1.47. The summed E-state index contributed by atoms with van der Waals surface area (Å²) in [5, 5.41) is 21.8. The molecule has 1 unspecified atom stereocenters. The number of nitrogens with zero attached hydrogens (tertiary/aromatic N) is 2. The third-order valence-electron chi connectivity index (χ3n) is 11.0. The predicted octanol–water partition coefficient (Wildman–Crippen LogP) is 5.36. The van der Waals surface area contributed by atoms with E-state index in [9.17, 15) is 24.6 Å². The van der Waals surface area contributed by atoms with E-state index in [1.54, 1.807) is 11.9 Å². The Morgan fingerprint density at radius 1 is 1.17 bits per heavy atom. The molecule has 0 radical (unpaired) electrons. The number of carbonyl (C=O) groups excluding carboxylic acids is 2. The van der Waals surface area contributed by atoms with Crippen molar-refractivity contribution in [2.24, 2.45) is 17.8 Å². The molecule has 252 valence electrons. The number of carboxylic acid groups (broad SMARTS) is 1. The summed E-state index contributed by atoms with van der Waals surface area (Å²) in [6.07, 6.45) is 8.08. The third kappa shape index (κ3) is 6.88. The number of methoxy groups -OCH3 is 1. The number of aliphatic hydroxyl groups excluding tert-OH is 1. The van der Waals surface area contributed by atoms with E-state index in [1.165, 1.54) is 18.2 Å². The van der Waals surface area contributed by atoms with Gasteiger partial charge in [-0.25, -0.2) is 0 Å². The van der Waals surface area contributed by atoms with Crippen LogP contribution in [-0.2, 0) is 31.0 Å². The van der Waals surface area contributed by atoms with Crippen LogP contribution in [0.15, 0.2) is 48.6 Å². The van der Waals surface area contributed by atoms with E-state index in [0.29, 0.717) is 44.0 Å². The molecule has 0 saturated heterocycles. The van der Waals surface area contributed by atoms with Crippen LogP contribution in [0.1, 0.15) is 67.6 Å². The van der Waals surface area contributed by atoms with Gasteiger partial charge in [-0.15, -0.1) is 0 Å². The summed E-state index contributed by atoms with van der Waals surface area (Å²) in [4.78, 5) is 42.9. The highest BCUT2D eigenvalue weighted by Crippen LogP contribution is 2.47. The van der Waals surface area contributed by atoms with Gasteiger partial charge in [0.05, 0.1) is 31.4 Å². The molecule has 6 atom stereocenters. The fourth-order valence-corrected chi connectivity index (χ4v) is 8.48. The molecule has 10 heteroatoms. The third-order valence-corrected chi connectivity index (χ3v) is 11.2. The molecule has 2 aromatic rings. The molecule has 6 rings (SSSR count). The molecule has 1 fully saturated rings. The molecule has 2 heterocycles. The van der Waals surface area contributed by atoms with Gasteiger partial charge in [-0.05, 0) is 97.2 Å². The molecular weight excluding hydrogens is 620 g/mol. The Labute approximate surface area is 281 Å². The first-order valence-electron chi connectivity index (χ1n) is 16.8. The van der Waals surface area contributed by atoms with Crippen LogP contribution in [0.2, 0.25) is 5.02 Å². The Kier molecular flexibility index (Phi) is 9.85. The number of hydrogen-bond donors (Lipinski definition) is 2. The summed E-state index contributed by atoms with van der Waals surface area (Å²) < 4.78 is 11.9. The first-order chi connectivity index (χ1) is 22.6. The number of ether oxygens (including phenoxy) is 2. The van der Waals surface area contributed by atoms with Crippen LogP contribution in [-0.4, -0.2) is 79.5 Å². The van der Waals surface area contributed by atoms with Gasteiger partial charge < -0.3 is 29.5 Å². The summed E-state index contributed by atoms with van der Waals surface area (Å²) >= 11 is 6.43. The largest absolute Gasteiger partial charge is 0.490 e. The molecule has 2 aromatic carbocycles. The highest BCUT2D eigenvalue weighted by molar-refractivity contribution is 6.30. The first kappa shape index (κ1) is 33.3. The number of aliphatic hydroxyl groups is 1. The Hall–Kier alpha value is -3.56. The van der Waals surface area contributed by atoms with Crippen LogP contribution < -0.4 is 9.64 Å². The van der Waals surface area contributed by atoms with Gasteiger partial charge in [-0.2, -0.15) is 0 Å². The van der Waals surface area contributed by atoms with Gasteiger partial charge in [0.2, 0.25) is 5.91 Å². The molecule has 0 aromatic heterocycles. The molecule has 1 saturated carbocycles. The van der Waals surface area contributed by atoms with Crippen molar-refractivity contribution < 1.29 is 34.1 Å². The lowest BCUT2D eigenvalue weighted by Gasteiger charge is -2.45. The van der Waals surface area contributed by atoms with Crippen molar-refractivity contribution in [3.8, 4) is 5.75 Å². The number of benzene rings is 2. The number of hydrogen-bond acceptors (Lipinski definition) is 7. The summed E-state index contributed by atoms with van der Waals surface area (Å²) in [5.41, 5.74) is 3.61. The van der Waals surface area contributed by atoms with Crippen molar-refractivity contribution in [1.82, 2.24) is 4.90 Å². The average molecular weight is 665 g/mol. The monoisotopic (exact) mass is 664 g/mol. The number of rotatable bonds is 3. The predicted molar refractivity (Wildman–Crippen MR) is 179 cm³/mol. The topological polar surface area (TPSA) is 117 Å². The highest BCUT2D eigenvalue weighted by atomic mass is 35.5. The minimum atomic E-state index is -1.09. The molecule has 2 N–H and O–H groups in total. The van der Waals surface area contributed by atoms with Gasteiger partial charge in [0.1, 0.15) is 5.75 Å². The zero-order valence-electron chi connectivity index (χ0n) is 27.2. The number of anilines is 1. The number of fused-ring (bicyclic) bond motifs is 4. The number of carboxylic acids is 1. The number of amides is 1. The number of aryl methyl sites for hydroxylation is 1. The summed E-state index contributed by atoms with van der Waals surface area (Å²) in [6, 6.07) is 11.8. The quantitative estimate of drug-likeness (QED) is 0.333. The van der Waals surface area contributed by atoms with E-state index in [2.05, 4.69) is 17.0 Å². The fourth-order valence-electron chi connectivity index (χ4n) is 8.29. The fraction of sp³-hybridized carbons (Fsp3) is 0.541. The maximum absolute atomic E-state index is 13.5. The summed E-state index contributed by atoms with van der Waals surface area (Å²) in [6.45, 7) is 2.27. The van der Waals surface area contributed by atoms with Crippen molar-refractivity contribution in [3.05, 3.63) is 70.3 Å². The Morgan fingerprint density at radius 3 is 2.74 bits per heavy atom. The first-order valence-corrected chi connectivity index (χ1v) is 17.2. The number of esters is 1. The van der Waals surface area contributed by atoms with E-state index >= 15 is 0 Å². The summed E-state index contributed by atoms with van der Waals surface area (Å²) in [5.74, 6) is -2.67. The standard InChI is InChI=1S/C37H45ClN2O7/c1-39-15-4-3-7-31(41)28-11-8-25(28)20-40-21-37(14-5-6-23-16-27(38)10-12-29(23)37)22-47-32-13-9-24(17-30(32)40)35(36(45)46-2)26(18-33(39)42)19-34(43)44/h3,7,9-10,12-13,16-17,25-26,28,31,35,41H,4-6,8,11,14-15,18-22H2,1-2H3,(H,43,44)/b7-3+/t25-,26+,28+,31?,35+,37-/m0/s1. The smallest absolute Gasteiger partial charge is 0.313 e. The molecule has 2 aliphatic carbocycles. The van der Waals surface area contributed by atoms with E-state index < -0.39 is 29.9 Å². The molecule has 1 amide bonds. The van der Waals surface area contributed by atoms with Gasteiger partial charge in [0, 0.05) is 50.0 Å². The molecule has 4 aliphatic rings. The number of halogens is 1. The lowest BCUT2D eigenvalue weighted by atomic mass is 9.68. The van der Waals surface area contributed by atoms with Gasteiger partial charge >= 0.3 is 11.9 Å². The van der Waals surface area contributed by atoms with E-state index in [0.717, 1.165) is 42.8 Å². The second-order valence-electron chi connectivity index (χ2n) is 13.9. The summed E-state index contributed by atoms with van der Waals surface area (Å²) in [7, 11) is 2.97. The maximum Gasteiger partial charge on any atom is 0.313 e. The zero-order chi connectivity index (χ0) is 33.3. The lowest BCUT2D eigenvalue weighted by molar-refractivity contribution is -0.146. The maximum atomic E-state index is 13.5. The van der Waals surface area contributed by atoms with Crippen molar-refractivity contribution in [2.45, 2.75) is 68.8 Å². The molecule has 2 aliphatic heterocycles. The van der Waals surface area contributed by atoms with Gasteiger partial charge in [0.25, 0.3) is 0 Å². The second kappa shape index (κ2) is 13.9. The average Bonchev–Trinajstić information content (AvgIpc) is 3.17. The second-order valence-corrected chi connectivity index (χ2v) is 14.4. The normalized spacial score (nSPS) is 30.1. The minimum absolute atomic E-state index is 0.105. The van der Waals surface area contributed by atoms with Gasteiger partial charge in [-0.1, -0.05) is 35.9 Å². The van der Waals surface area contributed by atoms with Gasteiger partial charge in [-0.3, -0.25) is 14.4 Å². The molecule has 47 heavy (non-hydrogen) atoms. The lowest BCUT2D eigenvalue weighted by Crippen LogP contribution is -2.49. The van der Waals surface area contributed by atoms with Crippen LogP contribution >= 0.6 is 11.6 Å². The Bertz CT molecular complexity index is 1540.